The number of aromatic nitrogens is 3. The summed E-state index contributed by atoms with van der Waals surface area (Å²) in [4.78, 5) is 35.8. The van der Waals surface area contributed by atoms with Crippen LogP contribution in [0.2, 0.25) is 0 Å². The molecule has 2 amide bonds. The van der Waals surface area contributed by atoms with Crippen LogP contribution in [0.3, 0.4) is 0 Å². The second-order valence-corrected chi connectivity index (χ2v) is 6.36. The Hall–Kier alpha value is -3.23. The number of primary amides is 2. The van der Waals surface area contributed by atoms with Crippen molar-refractivity contribution >= 4 is 29.1 Å². The van der Waals surface area contributed by atoms with E-state index in [1.807, 2.05) is 20.8 Å². The molecule has 2 aromatic rings. The highest BCUT2D eigenvalue weighted by molar-refractivity contribution is 5.96. The number of hydrogen-bond acceptors (Lipinski definition) is 7. The van der Waals surface area contributed by atoms with Crippen molar-refractivity contribution in [2.24, 2.45) is 17.4 Å². The lowest BCUT2D eigenvalue weighted by Gasteiger charge is -2.18. The maximum atomic E-state index is 11.6. The minimum Gasteiger partial charge on any atom is -0.368 e. The molecule has 0 radical (unpaired) electrons. The zero-order valence-corrected chi connectivity index (χ0v) is 15.0. The summed E-state index contributed by atoms with van der Waals surface area (Å²) in [5.41, 5.74) is 12.3. The molecule has 0 saturated heterocycles. The lowest BCUT2D eigenvalue weighted by Crippen LogP contribution is -2.37. The highest BCUT2D eigenvalue weighted by Gasteiger charge is 2.19. The third-order valence-corrected chi connectivity index (χ3v) is 3.54. The van der Waals surface area contributed by atoms with E-state index in [9.17, 15) is 9.59 Å². The fourth-order valence-corrected chi connectivity index (χ4v) is 2.38. The number of nitrogens with two attached hydrogens (primary N) is 2. The number of nitrogens with one attached hydrogen (secondary N) is 2. The van der Waals surface area contributed by atoms with Gasteiger partial charge >= 0.3 is 0 Å². The van der Waals surface area contributed by atoms with Crippen molar-refractivity contribution in [2.45, 2.75) is 33.2 Å². The molecule has 1 atom stereocenters. The Morgan fingerprint density at radius 1 is 1.23 bits per heavy atom. The highest BCUT2D eigenvalue weighted by atomic mass is 16.1. The molecular weight excluding hydrogens is 334 g/mol. The monoisotopic (exact) mass is 357 g/mol. The van der Waals surface area contributed by atoms with Crippen molar-refractivity contribution in [1.29, 1.82) is 0 Å². The van der Waals surface area contributed by atoms with Gasteiger partial charge < -0.3 is 22.1 Å². The van der Waals surface area contributed by atoms with E-state index in [1.54, 1.807) is 18.3 Å². The first-order valence-electron chi connectivity index (χ1n) is 8.18. The maximum absolute atomic E-state index is 11.6. The van der Waals surface area contributed by atoms with Gasteiger partial charge in [0.15, 0.2) is 11.5 Å². The first kappa shape index (κ1) is 19.1. The molecule has 0 aromatic carbocycles. The number of carbonyl (C=O) groups excluding carboxylic acids is 2. The molecule has 0 saturated carbocycles. The molecule has 9 nitrogen and oxygen atoms in total. The van der Waals surface area contributed by atoms with Crippen LogP contribution in [0.15, 0.2) is 24.5 Å². The van der Waals surface area contributed by atoms with Gasteiger partial charge in [0.2, 0.25) is 5.91 Å². The highest BCUT2D eigenvalue weighted by Crippen LogP contribution is 2.20. The van der Waals surface area contributed by atoms with Gasteiger partial charge in [0.25, 0.3) is 5.91 Å². The molecule has 2 rings (SSSR count). The Morgan fingerprint density at radius 3 is 2.54 bits per heavy atom. The SMILES string of the molecule is Cc1cc(Nc2nc(NC(CC(C)C)C(N)=O)cnc2C(N)=O)ccn1. The number of rotatable bonds is 8. The lowest BCUT2D eigenvalue weighted by atomic mass is 10.0. The van der Waals surface area contributed by atoms with Crippen LogP contribution in [0.5, 0.6) is 0 Å². The number of carbonyl (C=O) groups is 2. The molecule has 0 aliphatic heterocycles. The average molecular weight is 357 g/mol. The molecule has 0 aliphatic carbocycles. The van der Waals surface area contributed by atoms with Crippen LogP contribution in [0, 0.1) is 12.8 Å². The number of aryl methyl sites for hydroxylation is 1. The smallest absolute Gasteiger partial charge is 0.271 e. The Bertz CT molecular complexity index is 807. The predicted molar refractivity (Wildman–Crippen MR) is 98.9 cm³/mol. The number of hydrogen-bond donors (Lipinski definition) is 4. The second kappa shape index (κ2) is 8.24. The van der Waals surface area contributed by atoms with Gasteiger partial charge in [-0.2, -0.15) is 0 Å². The summed E-state index contributed by atoms with van der Waals surface area (Å²) in [5.74, 6) is -0.450. The molecule has 138 valence electrons. The molecule has 0 fully saturated rings. The molecule has 9 heteroatoms. The van der Waals surface area contributed by atoms with E-state index in [4.69, 9.17) is 11.5 Å². The summed E-state index contributed by atoms with van der Waals surface area (Å²) < 4.78 is 0. The summed E-state index contributed by atoms with van der Waals surface area (Å²) >= 11 is 0. The number of amides is 2. The second-order valence-electron chi connectivity index (χ2n) is 6.36. The molecular formula is C17H23N7O2. The van der Waals surface area contributed by atoms with Crippen molar-refractivity contribution in [3.8, 4) is 0 Å². The van der Waals surface area contributed by atoms with Crippen molar-refractivity contribution in [1.82, 2.24) is 15.0 Å². The van der Waals surface area contributed by atoms with E-state index in [-0.39, 0.29) is 17.4 Å². The minimum absolute atomic E-state index is 0.00972. The third-order valence-electron chi connectivity index (χ3n) is 3.54. The third kappa shape index (κ3) is 5.13. The summed E-state index contributed by atoms with van der Waals surface area (Å²) in [7, 11) is 0. The van der Waals surface area contributed by atoms with Crippen LogP contribution >= 0.6 is 0 Å². The van der Waals surface area contributed by atoms with Crippen molar-refractivity contribution in [2.75, 3.05) is 10.6 Å². The van der Waals surface area contributed by atoms with Crippen molar-refractivity contribution < 1.29 is 9.59 Å². The van der Waals surface area contributed by atoms with E-state index >= 15 is 0 Å². The maximum Gasteiger partial charge on any atom is 0.271 e. The Morgan fingerprint density at radius 2 is 1.96 bits per heavy atom. The van der Waals surface area contributed by atoms with E-state index in [0.29, 0.717) is 17.9 Å². The largest absolute Gasteiger partial charge is 0.368 e. The minimum atomic E-state index is -0.717. The summed E-state index contributed by atoms with van der Waals surface area (Å²) in [6, 6.07) is 2.92. The number of nitrogens with zero attached hydrogens (tertiary/aromatic N) is 3. The van der Waals surface area contributed by atoms with Crippen LogP contribution < -0.4 is 22.1 Å². The zero-order valence-electron chi connectivity index (χ0n) is 15.0. The molecule has 0 aliphatic rings. The van der Waals surface area contributed by atoms with Gasteiger partial charge in [-0.05, 0) is 31.4 Å². The van der Waals surface area contributed by atoms with E-state index < -0.39 is 17.9 Å². The summed E-state index contributed by atoms with van der Waals surface area (Å²) in [5, 5.41) is 5.97. The van der Waals surface area contributed by atoms with E-state index in [1.165, 1.54) is 6.20 Å². The van der Waals surface area contributed by atoms with E-state index in [2.05, 4.69) is 25.6 Å². The van der Waals surface area contributed by atoms with E-state index in [0.717, 1.165) is 5.69 Å². The first-order valence-corrected chi connectivity index (χ1v) is 8.18. The van der Waals surface area contributed by atoms with Crippen LogP contribution in [-0.4, -0.2) is 32.8 Å². The van der Waals surface area contributed by atoms with Gasteiger partial charge in [0.1, 0.15) is 11.9 Å². The summed E-state index contributed by atoms with van der Waals surface area (Å²) in [6.07, 6.45) is 3.52. The molecule has 0 spiro atoms. The van der Waals surface area contributed by atoms with Crippen LogP contribution in [0.25, 0.3) is 0 Å². The topological polar surface area (TPSA) is 149 Å². The van der Waals surface area contributed by atoms with Crippen LogP contribution in [0.1, 0.15) is 36.5 Å². The molecule has 2 heterocycles. The Balaban J connectivity index is 2.32. The van der Waals surface area contributed by atoms with Crippen molar-refractivity contribution in [3.63, 3.8) is 0 Å². The van der Waals surface area contributed by atoms with Gasteiger partial charge in [0.05, 0.1) is 6.20 Å². The van der Waals surface area contributed by atoms with Gasteiger partial charge in [0, 0.05) is 17.6 Å². The number of pyridine rings is 1. The lowest BCUT2D eigenvalue weighted by molar-refractivity contribution is -0.119. The van der Waals surface area contributed by atoms with Gasteiger partial charge in [-0.25, -0.2) is 9.97 Å². The Kier molecular flexibility index (Phi) is 6.05. The summed E-state index contributed by atoms with van der Waals surface area (Å²) in [6.45, 7) is 5.81. The first-order chi connectivity index (χ1) is 12.3. The quantitative estimate of drug-likeness (QED) is 0.557. The normalized spacial score (nSPS) is 11.8. The standard InChI is InChI=1S/C17H23N7O2/c1-9(2)6-12(15(18)25)23-13-8-21-14(16(19)26)17(24-13)22-11-4-5-20-10(3)7-11/h4-5,7-9,12H,6H2,1-3H3,(H2,18,25)(H2,19,26)(H2,20,22,23,24). The van der Waals surface area contributed by atoms with Gasteiger partial charge in [-0.3, -0.25) is 14.6 Å². The average Bonchev–Trinajstić information content (AvgIpc) is 2.53. The van der Waals surface area contributed by atoms with Crippen LogP contribution in [0.4, 0.5) is 17.3 Å². The predicted octanol–water partition coefficient (Wildman–Crippen LogP) is 1.33. The Labute approximate surface area is 151 Å². The van der Waals surface area contributed by atoms with Crippen LogP contribution in [-0.2, 0) is 4.79 Å². The van der Waals surface area contributed by atoms with Gasteiger partial charge in [-0.1, -0.05) is 13.8 Å². The molecule has 1 unspecified atom stereocenters. The fourth-order valence-electron chi connectivity index (χ4n) is 2.38. The van der Waals surface area contributed by atoms with Gasteiger partial charge in [-0.15, -0.1) is 0 Å². The molecule has 6 N–H and O–H groups in total. The number of anilines is 3. The fraction of sp³-hybridized carbons (Fsp3) is 0.353. The molecule has 0 bridgehead atoms. The molecule has 26 heavy (non-hydrogen) atoms. The molecule has 2 aromatic heterocycles. The van der Waals surface area contributed by atoms with Crippen molar-refractivity contribution in [3.05, 3.63) is 35.9 Å². The zero-order chi connectivity index (χ0) is 19.3.